The molecule has 0 radical (unpaired) electrons. The molecule has 0 amide bonds. The zero-order valence-corrected chi connectivity index (χ0v) is 8.02. The van der Waals surface area contributed by atoms with Gasteiger partial charge in [0.05, 0.1) is 0 Å². The molecular formula is C11H21N. The van der Waals surface area contributed by atoms with Crippen LogP contribution in [0.2, 0.25) is 0 Å². The van der Waals surface area contributed by atoms with Gasteiger partial charge in [0.2, 0.25) is 0 Å². The fraction of sp³-hybridized carbons (Fsp3) is 0.818. The molecule has 0 aromatic rings. The zero-order chi connectivity index (χ0) is 8.65. The molecule has 0 aliphatic heterocycles. The molecule has 0 heterocycles. The minimum atomic E-state index is 1.05. The molecule has 1 aliphatic rings. The number of rotatable bonds is 7. The minimum Gasteiger partial charge on any atom is -0.317 e. The topological polar surface area (TPSA) is 12.0 Å². The van der Waals surface area contributed by atoms with E-state index >= 15 is 0 Å². The Morgan fingerprint density at radius 1 is 1.33 bits per heavy atom. The van der Waals surface area contributed by atoms with E-state index in [4.69, 9.17) is 0 Å². The van der Waals surface area contributed by atoms with E-state index in [-0.39, 0.29) is 0 Å². The van der Waals surface area contributed by atoms with Crippen LogP contribution < -0.4 is 5.32 Å². The summed E-state index contributed by atoms with van der Waals surface area (Å²) >= 11 is 0. The van der Waals surface area contributed by atoms with Crippen molar-refractivity contribution < 1.29 is 0 Å². The molecule has 0 bridgehead atoms. The standard InChI is InChI=1S/C11H21N/c1-2-3-4-9-12-10-8-11-6-5-7-11/h2,11-12H,1,3-10H2. The first-order valence-electron chi connectivity index (χ1n) is 5.25. The average molecular weight is 167 g/mol. The van der Waals surface area contributed by atoms with Crippen LogP contribution in [0.25, 0.3) is 0 Å². The molecule has 1 saturated carbocycles. The Morgan fingerprint density at radius 2 is 2.17 bits per heavy atom. The largest absolute Gasteiger partial charge is 0.317 e. The van der Waals surface area contributed by atoms with Crippen molar-refractivity contribution in [2.75, 3.05) is 13.1 Å². The van der Waals surface area contributed by atoms with E-state index < -0.39 is 0 Å². The Morgan fingerprint density at radius 3 is 2.75 bits per heavy atom. The normalized spacial score (nSPS) is 17.3. The minimum absolute atomic E-state index is 1.05. The third-order valence-electron chi connectivity index (χ3n) is 2.72. The number of nitrogens with one attached hydrogen (secondary N) is 1. The van der Waals surface area contributed by atoms with E-state index in [9.17, 15) is 0 Å². The van der Waals surface area contributed by atoms with Crippen molar-refractivity contribution in [2.45, 2.75) is 38.5 Å². The van der Waals surface area contributed by atoms with Gasteiger partial charge >= 0.3 is 0 Å². The molecule has 0 spiro atoms. The molecule has 12 heavy (non-hydrogen) atoms. The summed E-state index contributed by atoms with van der Waals surface area (Å²) in [4.78, 5) is 0. The SMILES string of the molecule is C=CCCCNCCC1CCC1. The summed E-state index contributed by atoms with van der Waals surface area (Å²) < 4.78 is 0. The number of hydrogen-bond donors (Lipinski definition) is 1. The van der Waals surface area contributed by atoms with Crippen molar-refractivity contribution in [3.05, 3.63) is 12.7 Å². The van der Waals surface area contributed by atoms with Gasteiger partial charge in [-0.25, -0.2) is 0 Å². The summed E-state index contributed by atoms with van der Waals surface area (Å²) in [6.45, 7) is 6.09. The van der Waals surface area contributed by atoms with E-state index in [1.165, 1.54) is 45.2 Å². The van der Waals surface area contributed by atoms with Crippen LogP contribution in [0.5, 0.6) is 0 Å². The first-order chi connectivity index (χ1) is 5.93. The van der Waals surface area contributed by atoms with Crippen LogP contribution in [0.1, 0.15) is 38.5 Å². The van der Waals surface area contributed by atoms with Gasteiger partial charge in [-0.05, 0) is 38.3 Å². The lowest BCUT2D eigenvalue weighted by molar-refractivity contribution is 0.292. The van der Waals surface area contributed by atoms with Crippen LogP contribution in [0.3, 0.4) is 0 Å². The van der Waals surface area contributed by atoms with Gasteiger partial charge in [-0.15, -0.1) is 6.58 Å². The quantitative estimate of drug-likeness (QED) is 0.454. The van der Waals surface area contributed by atoms with Gasteiger partial charge in [-0.2, -0.15) is 0 Å². The lowest BCUT2D eigenvalue weighted by Crippen LogP contribution is -2.22. The second-order valence-corrected chi connectivity index (χ2v) is 3.77. The molecule has 1 aliphatic carbocycles. The highest BCUT2D eigenvalue weighted by atomic mass is 14.8. The van der Waals surface area contributed by atoms with Crippen LogP contribution in [-0.2, 0) is 0 Å². The second-order valence-electron chi connectivity index (χ2n) is 3.77. The van der Waals surface area contributed by atoms with Gasteiger partial charge in [0, 0.05) is 0 Å². The highest BCUT2D eigenvalue weighted by Crippen LogP contribution is 2.28. The lowest BCUT2D eigenvalue weighted by atomic mass is 9.83. The van der Waals surface area contributed by atoms with Crippen LogP contribution in [0, 0.1) is 5.92 Å². The zero-order valence-electron chi connectivity index (χ0n) is 8.02. The first kappa shape index (κ1) is 9.79. The summed E-state index contributed by atoms with van der Waals surface area (Å²) in [5.41, 5.74) is 0. The molecule has 0 aromatic carbocycles. The number of hydrogen-bond acceptors (Lipinski definition) is 1. The van der Waals surface area contributed by atoms with Crippen molar-refractivity contribution in [3.63, 3.8) is 0 Å². The number of allylic oxidation sites excluding steroid dienone is 1. The Balaban J connectivity index is 1.73. The molecule has 1 fully saturated rings. The summed E-state index contributed by atoms with van der Waals surface area (Å²) in [7, 11) is 0. The van der Waals surface area contributed by atoms with Crippen LogP contribution in [0.15, 0.2) is 12.7 Å². The van der Waals surface area contributed by atoms with E-state index in [1.807, 2.05) is 6.08 Å². The molecule has 0 saturated heterocycles. The summed E-state index contributed by atoms with van der Waals surface area (Å²) in [5.74, 6) is 1.05. The highest BCUT2D eigenvalue weighted by molar-refractivity contribution is 4.70. The van der Waals surface area contributed by atoms with Gasteiger partial charge in [-0.1, -0.05) is 25.3 Å². The molecule has 0 aromatic heterocycles. The number of unbranched alkanes of at least 4 members (excludes halogenated alkanes) is 1. The molecule has 1 rings (SSSR count). The average Bonchev–Trinajstić information content (AvgIpc) is 2.00. The Hall–Kier alpha value is -0.300. The molecule has 1 N–H and O–H groups in total. The highest BCUT2D eigenvalue weighted by Gasteiger charge is 2.15. The van der Waals surface area contributed by atoms with Gasteiger partial charge < -0.3 is 5.32 Å². The van der Waals surface area contributed by atoms with E-state index in [2.05, 4.69) is 11.9 Å². The summed E-state index contributed by atoms with van der Waals surface area (Å²) in [6.07, 6.45) is 10.2. The fourth-order valence-corrected chi connectivity index (χ4v) is 1.58. The van der Waals surface area contributed by atoms with Crippen LogP contribution in [-0.4, -0.2) is 13.1 Å². The second kappa shape index (κ2) is 6.24. The van der Waals surface area contributed by atoms with Crippen LogP contribution in [0.4, 0.5) is 0 Å². The Kier molecular flexibility index (Phi) is 5.09. The van der Waals surface area contributed by atoms with Crippen molar-refractivity contribution in [1.29, 1.82) is 0 Å². The molecule has 0 unspecified atom stereocenters. The van der Waals surface area contributed by atoms with Gasteiger partial charge in [0.15, 0.2) is 0 Å². The Bertz CT molecular complexity index is 116. The van der Waals surface area contributed by atoms with Crippen LogP contribution >= 0.6 is 0 Å². The maximum atomic E-state index is 3.70. The fourth-order valence-electron chi connectivity index (χ4n) is 1.58. The van der Waals surface area contributed by atoms with Crippen molar-refractivity contribution in [3.8, 4) is 0 Å². The van der Waals surface area contributed by atoms with Gasteiger partial charge in [0.25, 0.3) is 0 Å². The van der Waals surface area contributed by atoms with Gasteiger partial charge in [0.1, 0.15) is 0 Å². The van der Waals surface area contributed by atoms with E-state index in [0.717, 1.165) is 12.3 Å². The molecule has 1 nitrogen and oxygen atoms in total. The maximum Gasteiger partial charge on any atom is -0.00460 e. The summed E-state index contributed by atoms with van der Waals surface area (Å²) in [6, 6.07) is 0. The molecule has 70 valence electrons. The van der Waals surface area contributed by atoms with E-state index in [1.54, 1.807) is 0 Å². The predicted octanol–water partition coefficient (Wildman–Crippen LogP) is 2.73. The molecule has 1 heteroatoms. The molecule has 0 atom stereocenters. The monoisotopic (exact) mass is 167 g/mol. The van der Waals surface area contributed by atoms with Crippen molar-refractivity contribution in [1.82, 2.24) is 5.32 Å². The Labute approximate surface area is 76.2 Å². The first-order valence-corrected chi connectivity index (χ1v) is 5.25. The smallest absolute Gasteiger partial charge is 0.00460 e. The third-order valence-corrected chi connectivity index (χ3v) is 2.72. The predicted molar refractivity (Wildman–Crippen MR) is 54.3 cm³/mol. The summed E-state index contributed by atoms with van der Waals surface area (Å²) in [5, 5.41) is 3.47. The van der Waals surface area contributed by atoms with Gasteiger partial charge in [-0.3, -0.25) is 0 Å². The van der Waals surface area contributed by atoms with Crippen molar-refractivity contribution >= 4 is 0 Å². The molecular weight excluding hydrogens is 146 g/mol. The van der Waals surface area contributed by atoms with Crippen molar-refractivity contribution in [2.24, 2.45) is 5.92 Å². The third kappa shape index (κ3) is 3.91. The maximum absolute atomic E-state index is 3.70. The lowest BCUT2D eigenvalue weighted by Gasteiger charge is -2.25. The van der Waals surface area contributed by atoms with E-state index in [0.29, 0.717) is 0 Å².